The summed E-state index contributed by atoms with van der Waals surface area (Å²) in [5.41, 5.74) is 11.5. The average Bonchev–Trinajstić information content (AvgIpc) is 1.94. The quantitative estimate of drug-likeness (QED) is 0.631. The molecule has 0 saturated carbocycles. The van der Waals surface area contributed by atoms with Crippen LogP contribution in [-0.4, -0.2) is 4.98 Å². The number of nitrogens with two attached hydrogens (primary N) is 2. The van der Waals surface area contributed by atoms with Gasteiger partial charge in [0.25, 0.3) is 0 Å². The minimum Gasteiger partial charge on any atom is -0.383 e. The summed E-state index contributed by atoms with van der Waals surface area (Å²) < 4.78 is 12.5. The maximum atomic E-state index is 12.5. The highest BCUT2D eigenvalue weighted by Crippen LogP contribution is 2.15. The van der Waals surface area contributed by atoms with Crippen molar-refractivity contribution < 1.29 is 4.39 Å². The molecule has 0 fully saturated rings. The highest BCUT2D eigenvalue weighted by molar-refractivity contribution is 5.40. The maximum absolute atomic E-state index is 12.5. The molecule has 3 nitrogen and oxygen atoms in total. The van der Waals surface area contributed by atoms with Crippen LogP contribution in [0.5, 0.6) is 0 Å². The minimum atomic E-state index is -0.411. The Bertz CT molecular complexity index is 260. The molecule has 1 aromatic rings. The van der Waals surface area contributed by atoms with Crippen molar-refractivity contribution >= 4 is 5.82 Å². The largest absolute Gasteiger partial charge is 0.383 e. The van der Waals surface area contributed by atoms with Gasteiger partial charge in [0.2, 0.25) is 0 Å². The normalized spacial score (nSPS) is 13.0. The van der Waals surface area contributed by atoms with E-state index in [1.807, 2.05) is 0 Å². The lowest BCUT2D eigenvalue weighted by atomic mass is 10.1. The zero-order chi connectivity index (χ0) is 8.43. The number of aromatic nitrogens is 1. The van der Waals surface area contributed by atoms with Crippen molar-refractivity contribution in [1.82, 2.24) is 4.98 Å². The zero-order valence-corrected chi connectivity index (χ0v) is 6.21. The molecule has 4 N–H and O–H groups in total. The third kappa shape index (κ3) is 1.65. The summed E-state index contributed by atoms with van der Waals surface area (Å²) in [6.07, 6.45) is 1.07. The summed E-state index contributed by atoms with van der Waals surface area (Å²) in [4.78, 5) is 3.62. The smallest absolute Gasteiger partial charge is 0.141 e. The Morgan fingerprint density at radius 2 is 2.27 bits per heavy atom. The standard InChI is InChI=1S/C7H10FN3/c1-4(9)6-2-5(8)3-11-7(6)10/h2-4H,9H2,1H3,(H2,10,11). The fourth-order valence-corrected chi connectivity index (χ4v) is 0.830. The number of rotatable bonds is 1. The summed E-state index contributed by atoms with van der Waals surface area (Å²) in [7, 11) is 0. The van der Waals surface area contributed by atoms with Crippen LogP contribution < -0.4 is 11.5 Å². The Hall–Kier alpha value is -1.16. The summed E-state index contributed by atoms with van der Waals surface area (Å²) in [5, 5.41) is 0. The molecule has 4 heteroatoms. The Balaban J connectivity index is 3.13. The van der Waals surface area contributed by atoms with E-state index in [0.717, 1.165) is 6.20 Å². The van der Waals surface area contributed by atoms with E-state index in [-0.39, 0.29) is 6.04 Å². The van der Waals surface area contributed by atoms with Crippen molar-refractivity contribution in [3.05, 3.63) is 23.6 Å². The fraction of sp³-hybridized carbons (Fsp3) is 0.286. The topological polar surface area (TPSA) is 64.9 Å². The molecule has 11 heavy (non-hydrogen) atoms. The first kappa shape index (κ1) is 7.94. The molecule has 0 amide bonds. The van der Waals surface area contributed by atoms with Gasteiger partial charge in [-0.1, -0.05) is 0 Å². The second-order valence-corrected chi connectivity index (χ2v) is 2.42. The summed E-state index contributed by atoms with van der Waals surface area (Å²) in [6.45, 7) is 1.73. The molecule has 1 unspecified atom stereocenters. The van der Waals surface area contributed by atoms with Gasteiger partial charge in [-0.25, -0.2) is 9.37 Å². The van der Waals surface area contributed by atoms with Gasteiger partial charge >= 0.3 is 0 Å². The van der Waals surface area contributed by atoms with E-state index in [4.69, 9.17) is 11.5 Å². The fourth-order valence-electron chi connectivity index (χ4n) is 0.830. The number of anilines is 1. The lowest BCUT2D eigenvalue weighted by Gasteiger charge is -2.07. The van der Waals surface area contributed by atoms with Gasteiger partial charge in [0, 0.05) is 11.6 Å². The van der Waals surface area contributed by atoms with Gasteiger partial charge < -0.3 is 11.5 Å². The van der Waals surface area contributed by atoms with Crippen LogP contribution >= 0.6 is 0 Å². The second kappa shape index (κ2) is 2.84. The molecule has 0 aromatic carbocycles. The number of hydrogen-bond donors (Lipinski definition) is 2. The summed E-state index contributed by atoms with van der Waals surface area (Å²) in [5.74, 6) is -0.118. The van der Waals surface area contributed by atoms with Crippen LogP contribution in [0.15, 0.2) is 12.3 Å². The summed E-state index contributed by atoms with van der Waals surface area (Å²) in [6, 6.07) is 1.02. The van der Waals surface area contributed by atoms with Crippen molar-refractivity contribution in [2.24, 2.45) is 5.73 Å². The lowest BCUT2D eigenvalue weighted by Crippen LogP contribution is -2.09. The molecule has 0 aliphatic carbocycles. The monoisotopic (exact) mass is 155 g/mol. The Kier molecular flexibility index (Phi) is 2.05. The van der Waals surface area contributed by atoms with E-state index >= 15 is 0 Å². The SMILES string of the molecule is CC(N)c1cc(F)cnc1N. The number of nitrogens with zero attached hydrogens (tertiary/aromatic N) is 1. The average molecular weight is 155 g/mol. The number of hydrogen-bond acceptors (Lipinski definition) is 3. The van der Waals surface area contributed by atoms with Gasteiger partial charge in [0.05, 0.1) is 6.20 Å². The molecule has 0 saturated heterocycles. The van der Waals surface area contributed by atoms with E-state index < -0.39 is 5.82 Å². The Morgan fingerprint density at radius 3 is 2.73 bits per heavy atom. The van der Waals surface area contributed by atoms with Crippen LogP contribution in [0, 0.1) is 5.82 Å². The van der Waals surface area contributed by atoms with E-state index in [2.05, 4.69) is 4.98 Å². The van der Waals surface area contributed by atoms with E-state index in [1.54, 1.807) is 6.92 Å². The molecule has 1 rings (SSSR count). The Morgan fingerprint density at radius 1 is 1.64 bits per heavy atom. The van der Waals surface area contributed by atoms with Gasteiger partial charge in [-0.2, -0.15) is 0 Å². The van der Waals surface area contributed by atoms with E-state index in [0.29, 0.717) is 11.4 Å². The molecule has 0 bridgehead atoms. The van der Waals surface area contributed by atoms with Gasteiger partial charge in [-0.15, -0.1) is 0 Å². The third-order valence-corrected chi connectivity index (χ3v) is 1.41. The first-order valence-electron chi connectivity index (χ1n) is 3.27. The second-order valence-electron chi connectivity index (χ2n) is 2.42. The number of nitrogen functional groups attached to an aromatic ring is 1. The van der Waals surface area contributed by atoms with Crippen LogP contribution in [0.25, 0.3) is 0 Å². The van der Waals surface area contributed by atoms with Gasteiger partial charge in [0.1, 0.15) is 11.6 Å². The van der Waals surface area contributed by atoms with E-state index in [1.165, 1.54) is 6.07 Å². The highest BCUT2D eigenvalue weighted by atomic mass is 19.1. The van der Waals surface area contributed by atoms with Crippen LogP contribution in [-0.2, 0) is 0 Å². The molecule has 0 spiro atoms. The maximum Gasteiger partial charge on any atom is 0.141 e. The third-order valence-electron chi connectivity index (χ3n) is 1.41. The zero-order valence-electron chi connectivity index (χ0n) is 6.21. The number of pyridine rings is 1. The molecular weight excluding hydrogens is 145 g/mol. The molecule has 0 aliphatic heterocycles. The van der Waals surface area contributed by atoms with Crippen LogP contribution in [0.4, 0.5) is 10.2 Å². The van der Waals surface area contributed by atoms with Crippen LogP contribution in [0.3, 0.4) is 0 Å². The van der Waals surface area contributed by atoms with Gasteiger partial charge in [-0.3, -0.25) is 0 Å². The van der Waals surface area contributed by atoms with E-state index in [9.17, 15) is 4.39 Å². The van der Waals surface area contributed by atoms with Gasteiger partial charge in [-0.05, 0) is 13.0 Å². The van der Waals surface area contributed by atoms with Crippen molar-refractivity contribution in [2.75, 3.05) is 5.73 Å². The molecule has 0 aliphatic rings. The van der Waals surface area contributed by atoms with Crippen LogP contribution in [0.2, 0.25) is 0 Å². The molecule has 1 atom stereocenters. The van der Waals surface area contributed by atoms with Crippen molar-refractivity contribution in [3.63, 3.8) is 0 Å². The van der Waals surface area contributed by atoms with Crippen molar-refractivity contribution in [2.45, 2.75) is 13.0 Å². The predicted molar refractivity (Wildman–Crippen MR) is 41.2 cm³/mol. The Labute approximate surface area is 64.2 Å². The van der Waals surface area contributed by atoms with Gasteiger partial charge in [0.15, 0.2) is 0 Å². The minimum absolute atomic E-state index is 0.279. The molecular formula is C7H10FN3. The first-order valence-corrected chi connectivity index (χ1v) is 3.27. The first-order chi connectivity index (χ1) is 5.11. The molecule has 60 valence electrons. The number of halogens is 1. The predicted octanol–water partition coefficient (Wildman–Crippen LogP) is 0.823. The summed E-state index contributed by atoms with van der Waals surface area (Å²) >= 11 is 0. The molecule has 1 aromatic heterocycles. The lowest BCUT2D eigenvalue weighted by molar-refractivity contribution is 0.616. The van der Waals surface area contributed by atoms with Crippen molar-refractivity contribution in [3.8, 4) is 0 Å². The van der Waals surface area contributed by atoms with Crippen molar-refractivity contribution in [1.29, 1.82) is 0 Å². The molecule has 0 radical (unpaired) electrons. The molecule has 1 heterocycles. The highest BCUT2D eigenvalue weighted by Gasteiger charge is 2.05. The van der Waals surface area contributed by atoms with Crippen LogP contribution in [0.1, 0.15) is 18.5 Å².